The number of aryl methyl sites for hydroxylation is 1. The van der Waals surface area contributed by atoms with E-state index in [9.17, 15) is 9.59 Å². The molecule has 0 spiro atoms. The number of hydrogen-bond acceptors (Lipinski definition) is 4. The number of amides is 1. The fourth-order valence-corrected chi connectivity index (χ4v) is 3.03. The molecule has 5 nitrogen and oxygen atoms in total. The first-order chi connectivity index (χ1) is 11.9. The van der Waals surface area contributed by atoms with E-state index in [1.807, 2.05) is 42.5 Å². The summed E-state index contributed by atoms with van der Waals surface area (Å²) in [6.07, 6.45) is 0.738. The highest BCUT2D eigenvalue weighted by molar-refractivity contribution is 14.1. The number of hydrogen-bond donors (Lipinski definition) is 1. The highest BCUT2D eigenvalue weighted by atomic mass is 127. The van der Waals surface area contributed by atoms with Gasteiger partial charge in [0.15, 0.2) is 18.1 Å². The maximum atomic E-state index is 12.1. The first kappa shape index (κ1) is 19.5. The van der Waals surface area contributed by atoms with Gasteiger partial charge in [-0.2, -0.15) is 0 Å². The largest absolute Gasteiger partial charge is 0.490 e. The molecule has 132 valence electrons. The number of aldehydes is 1. The Hall–Kier alpha value is -1.80. The number of ether oxygens (including phenoxy) is 2. The smallest absolute Gasteiger partial charge is 0.262 e. The van der Waals surface area contributed by atoms with Crippen molar-refractivity contribution < 1.29 is 19.1 Å². The summed E-state index contributed by atoms with van der Waals surface area (Å²) in [5.74, 6) is 0.547. The van der Waals surface area contributed by atoms with Crippen LogP contribution in [0.1, 0.15) is 22.8 Å². The van der Waals surface area contributed by atoms with Crippen molar-refractivity contribution in [3.8, 4) is 11.5 Å². The van der Waals surface area contributed by atoms with Gasteiger partial charge in [0.1, 0.15) is 6.29 Å². The van der Waals surface area contributed by atoms with E-state index in [-0.39, 0.29) is 12.5 Å². The molecule has 7 heteroatoms. The monoisotopic (exact) mass is 473 g/mol. The highest BCUT2D eigenvalue weighted by Crippen LogP contribution is 2.34. The van der Waals surface area contributed by atoms with E-state index in [0.29, 0.717) is 37.9 Å². The normalized spacial score (nSPS) is 10.2. The van der Waals surface area contributed by atoms with Crippen molar-refractivity contribution in [3.63, 3.8) is 0 Å². The highest BCUT2D eigenvalue weighted by Gasteiger charge is 2.14. The molecule has 2 aromatic rings. The van der Waals surface area contributed by atoms with E-state index in [1.54, 1.807) is 24.3 Å². The second-order valence-electron chi connectivity index (χ2n) is 5.18. The quantitative estimate of drug-likeness (QED) is 0.476. The van der Waals surface area contributed by atoms with Crippen LogP contribution < -0.4 is 14.8 Å². The second kappa shape index (κ2) is 9.05. The number of carbonyl (C=O) groups excluding carboxylic acids is 2. The molecule has 0 radical (unpaired) electrons. The maximum Gasteiger partial charge on any atom is 0.262 e. The molecule has 0 aliphatic carbocycles. The minimum atomic E-state index is -0.322. The van der Waals surface area contributed by atoms with Crippen LogP contribution in [0, 0.1) is 10.5 Å². The Balaban J connectivity index is 2.08. The fourth-order valence-electron chi connectivity index (χ4n) is 2.06. The summed E-state index contributed by atoms with van der Waals surface area (Å²) in [6.45, 7) is 3.94. The summed E-state index contributed by atoms with van der Waals surface area (Å²) in [7, 11) is 0. The predicted octanol–water partition coefficient (Wildman–Crippen LogP) is 4.48. The molecule has 0 saturated heterocycles. The Morgan fingerprint density at radius 1 is 1.28 bits per heavy atom. The molecule has 0 aliphatic rings. The average Bonchev–Trinajstić information content (AvgIpc) is 2.57. The molecule has 0 heterocycles. The average molecular weight is 474 g/mol. The lowest BCUT2D eigenvalue weighted by molar-refractivity contribution is -0.118. The summed E-state index contributed by atoms with van der Waals surface area (Å²) in [6, 6.07) is 8.54. The van der Waals surface area contributed by atoms with Gasteiger partial charge in [-0.05, 0) is 66.3 Å². The van der Waals surface area contributed by atoms with E-state index in [2.05, 4.69) is 5.32 Å². The van der Waals surface area contributed by atoms with Crippen LogP contribution in [0.15, 0.2) is 30.3 Å². The summed E-state index contributed by atoms with van der Waals surface area (Å²) >= 11 is 8.09. The number of nitrogens with one attached hydrogen (secondary N) is 1. The Morgan fingerprint density at radius 2 is 2.04 bits per heavy atom. The molecule has 0 fully saturated rings. The lowest BCUT2D eigenvalue weighted by Crippen LogP contribution is -2.20. The molecule has 25 heavy (non-hydrogen) atoms. The Labute approximate surface area is 164 Å². The van der Waals surface area contributed by atoms with Gasteiger partial charge in [0.2, 0.25) is 0 Å². The van der Waals surface area contributed by atoms with Crippen LogP contribution in [-0.4, -0.2) is 25.4 Å². The Kier molecular flexibility index (Phi) is 7.07. The van der Waals surface area contributed by atoms with E-state index < -0.39 is 0 Å². The van der Waals surface area contributed by atoms with Gasteiger partial charge in [0, 0.05) is 16.3 Å². The minimum Gasteiger partial charge on any atom is -0.490 e. The molecular formula is C18H17ClINO4. The van der Waals surface area contributed by atoms with Crippen molar-refractivity contribution in [2.24, 2.45) is 0 Å². The Morgan fingerprint density at radius 3 is 2.68 bits per heavy atom. The number of rotatable bonds is 7. The number of halogens is 2. The molecule has 0 aromatic heterocycles. The van der Waals surface area contributed by atoms with Gasteiger partial charge in [-0.15, -0.1) is 0 Å². The summed E-state index contributed by atoms with van der Waals surface area (Å²) in [5.41, 5.74) is 2.02. The van der Waals surface area contributed by atoms with Crippen molar-refractivity contribution in [1.29, 1.82) is 0 Å². The molecule has 1 amide bonds. The summed E-state index contributed by atoms with van der Waals surface area (Å²) in [5, 5.41) is 3.31. The molecule has 2 aromatic carbocycles. The molecule has 0 aliphatic heterocycles. The van der Waals surface area contributed by atoms with Crippen molar-refractivity contribution in [2.75, 3.05) is 18.5 Å². The van der Waals surface area contributed by atoms with Crippen LogP contribution in [0.4, 0.5) is 5.69 Å². The number of anilines is 1. The first-order valence-corrected chi connectivity index (χ1v) is 9.00. The van der Waals surface area contributed by atoms with E-state index in [0.717, 1.165) is 11.8 Å². The van der Waals surface area contributed by atoms with Crippen LogP contribution in [0.25, 0.3) is 0 Å². The molecule has 0 saturated carbocycles. The standard InChI is InChI=1S/C18H17ClINO4/c1-3-24-16-7-12(9-22)6-15(20)18(16)25-10-17(23)21-13-5-4-11(2)14(19)8-13/h4-9H,3,10H2,1-2H3,(H,21,23). The van der Waals surface area contributed by atoms with E-state index in [1.165, 1.54) is 0 Å². The fraction of sp³-hybridized carbons (Fsp3) is 0.222. The molecule has 2 rings (SSSR count). The number of carbonyl (C=O) groups is 2. The molecular weight excluding hydrogens is 457 g/mol. The number of benzene rings is 2. The van der Waals surface area contributed by atoms with Gasteiger partial charge < -0.3 is 14.8 Å². The van der Waals surface area contributed by atoms with Gasteiger partial charge >= 0.3 is 0 Å². The second-order valence-corrected chi connectivity index (χ2v) is 6.75. The van der Waals surface area contributed by atoms with Crippen molar-refractivity contribution >= 4 is 52.1 Å². The molecule has 0 bridgehead atoms. The summed E-state index contributed by atoms with van der Waals surface area (Å²) in [4.78, 5) is 23.1. The zero-order chi connectivity index (χ0) is 18.4. The predicted molar refractivity (Wildman–Crippen MR) is 106 cm³/mol. The minimum absolute atomic E-state index is 0.192. The van der Waals surface area contributed by atoms with Crippen LogP contribution in [-0.2, 0) is 4.79 Å². The Bertz CT molecular complexity index is 795. The van der Waals surface area contributed by atoms with Gasteiger partial charge in [-0.25, -0.2) is 0 Å². The van der Waals surface area contributed by atoms with Crippen molar-refractivity contribution in [2.45, 2.75) is 13.8 Å². The lowest BCUT2D eigenvalue weighted by Gasteiger charge is -2.14. The van der Waals surface area contributed by atoms with E-state index in [4.69, 9.17) is 21.1 Å². The third-order valence-corrected chi connectivity index (χ3v) is 4.48. The topological polar surface area (TPSA) is 64.6 Å². The van der Waals surface area contributed by atoms with E-state index >= 15 is 0 Å². The third-order valence-electron chi connectivity index (χ3n) is 3.27. The van der Waals surface area contributed by atoms with Crippen LogP contribution >= 0.6 is 34.2 Å². The maximum absolute atomic E-state index is 12.1. The van der Waals surface area contributed by atoms with Gasteiger partial charge in [-0.3, -0.25) is 9.59 Å². The first-order valence-electron chi connectivity index (χ1n) is 7.55. The zero-order valence-corrected chi connectivity index (χ0v) is 16.7. The van der Waals surface area contributed by atoms with Crippen LogP contribution in [0.5, 0.6) is 11.5 Å². The molecule has 0 atom stereocenters. The van der Waals surface area contributed by atoms with Crippen LogP contribution in [0.3, 0.4) is 0 Å². The van der Waals surface area contributed by atoms with Crippen molar-refractivity contribution in [3.05, 3.63) is 50.1 Å². The third kappa shape index (κ3) is 5.34. The van der Waals surface area contributed by atoms with Gasteiger partial charge in [-0.1, -0.05) is 17.7 Å². The zero-order valence-electron chi connectivity index (χ0n) is 13.8. The lowest BCUT2D eigenvalue weighted by atomic mass is 10.2. The summed E-state index contributed by atoms with van der Waals surface area (Å²) < 4.78 is 11.8. The SMILES string of the molecule is CCOc1cc(C=O)cc(I)c1OCC(=O)Nc1ccc(C)c(Cl)c1. The molecule has 1 N–H and O–H groups in total. The van der Waals surface area contributed by atoms with Gasteiger partial charge in [0.05, 0.1) is 10.2 Å². The van der Waals surface area contributed by atoms with Crippen LogP contribution in [0.2, 0.25) is 5.02 Å². The van der Waals surface area contributed by atoms with Gasteiger partial charge in [0.25, 0.3) is 5.91 Å². The van der Waals surface area contributed by atoms with Crippen molar-refractivity contribution in [1.82, 2.24) is 0 Å². The molecule has 0 unspecified atom stereocenters.